The number of nitrogens with one attached hydrogen (secondary N) is 2. The second kappa shape index (κ2) is 2.34. The molecule has 1 fully saturated rings. The van der Waals surface area contributed by atoms with Gasteiger partial charge in [0, 0.05) is 6.04 Å². The molecule has 0 atom stereocenters. The molecule has 0 saturated heterocycles. The van der Waals surface area contributed by atoms with Crippen LogP contribution in [0.5, 0.6) is 0 Å². The van der Waals surface area contributed by atoms with E-state index in [0.29, 0.717) is 6.04 Å². The van der Waals surface area contributed by atoms with E-state index >= 15 is 0 Å². The average molecular weight is 139 g/mol. The number of nitrogens with zero attached hydrogens (tertiary/aromatic N) is 3. The lowest BCUT2D eigenvalue weighted by Crippen LogP contribution is -2.16. The van der Waals surface area contributed by atoms with E-state index < -0.39 is 0 Å². The Hall–Kier alpha value is -0.970. The molecule has 1 saturated carbocycles. The SMILES string of the molecule is C(NC1CC1)c1nn[nH]n1. The predicted molar refractivity (Wildman–Crippen MR) is 34.0 cm³/mol. The molecule has 1 aromatic rings. The molecule has 1 aliphatic carbocycles. The Morgan fingerprint density at radius 1 is 1.60 bits per heavy atom. The summed E-state index contributed by atoms with van der Waals surface area (Å²) in [5.74, 6) is 0.743. The highest BCUT2D eigenvalue weighted by atomic mass is 15.5. The van der Waals surface area contributed by atoms with E-state index in [1.54, 1.807) is 0 Å². The molecule has 2 N–H and O–H groups in total. The van der Waals surface area contributed by atoms with Gasteiger partial charge in [0.15, 0.2) is 5.82 Å². The normalized spacial score (nSPS) is 17.6. The minimum absolute atomic E-state index is 0.707. The molecule has 1 heterocycles. The Balaban J connectivity index is 1.79. The van der Waals surface area contributed by atoms with Crippen LogP contribution in [0, 0.1) is 0 Å². The van der Waals surface area contributed by atoms with Gasteiger partial charge in [-0.1, -0.05) is 5.21 Å². The Bertz CT molecular complexity index is 190. The summed E-state index contributed by atoms with van der Waals surface area (Å²) in [7, 11) is 0. The fourth-order valence-corrected chi connectivity index (χ4v) is 0.780. The lowest BCUT2D eigenvalue weighted by Gasteiger charge is -1.93. The highest BCUT2D eigenvalue weighted by Gasteiger charge is 2.20. The first-order chi connectivity index (χ1) is 4.95. The summed E-state index contributed by atoms with van der Waals surface area (Å²) in [4.78, 5) is 0. The monoisotopic (exact) mass is 139 g/mol. The van der Waals surface area contributed by atoms with Gasteiger partial charge in [0.2, 0.25) is 0 Å². The molecule has 0 spiro atoms. The molecule has 0 unspecified atom stereocenters. The van der Waals surface area contributed by atoms with Crippen LogP contribution in [0.25, 0.3) is 0 Å². The predicted octanol–water partition coefficient (Wildman–Crippen LogP) is -0.548. The van der Waals surface area contributed by atoms with Crippen LogP contribution in [0.4, 0.5) is 0 Å². The summed E-state index contributed by atoms with van der Waals surface area (Å²) in [6.07, 6.45) is 2.58. The van der Waals surface area contributed by atoms with Gasteiger partial charge in [0.05, 0.1) is 6.54 Å². The van der Waals surface area contributed by atoms with E-state index in [0.717, 1.165) is 12.4 Å². The summed E-state index contributed by atoms with van der Waals surface area (Å²) >= 11 is 0. The standard InChI is InChI=1S/C5H9N5/c1-2-4(1)6-3-5-7-9-10-8-5/h4,6H,1-3H2,(H,7,8,9,10). The van der Waals surface area contributed by atoms with Crippen molar-refractivity contribution in [3.63, 3.8) is 0 Å². The second-order valence-corrected chi connectivity index (χ2v) is 2.48. The zero-order valence-electron chi connectivity index (χ0n) is 5.54. The Morgan fingerprint density at radius 3 is 3.10 bits per heavy atom. The van der Waals surface area contributed by atoms with Crippen molar-refractivity contribution in [2.45, 2.75) is 25.4 Å². The van der Waals surface area contributed by atoms with Gasteiger partial charge in [0.1, 0.15) is 0 Å². The smallest absolute Gasteiger partial charge is 0.188 e. The minimum atomic E-state index is 0.707. The van der Waals surface area contributed by atoms with Gasteiger partial charge in [0.25, 0.3) is 0 Å². The quantitative estimate of drug-likeness (QED) is 0.589. The van der Waals surface area contributed by atoms with Crippen molar-refractivity contribution in [2.24, 2.45) is 0 Å². The molecule has 54 valence electrons. The topological polar surface area (TPSA) is 66.5 Å². The van der Waals surface area contributed by atoms with Crippen LogP contribution in [0.3, 0.4) is 0 Å². The Labute approximate surface area is 58.2 Å². The van der Waals surface area contributed by atoms with Crippen LogP contribution < -0.4 is 5.32 Å². The molecule has 0 radical (unpaired) electrons. The first kappa shape index (κ1) is 5.79. The largest absolute Gasteiger partial charge is 0.307 e. The number of aromatic nitrogens is 4. The van der Waals surface area contributed by atoms with E-state index in [1.807, 2.05) is 0 Å². The number of hydrogen-bond acceptors (Lipinski definition) is 4. The summed E-state index contributed by atoms with van der Waals surface area (Å²) in [5, 5.41) is 16.7. The fraction of sp³-hybridized carbons (Fsp3) is 0.800. The van der Waals surface area contributed by atoms with E-state index in [1.165, 1.54) is 12.8 Å². The second-order valence-electron chi connectivity index (χ2n) is 2.48. The van der Waals surface area contributed by atoms with Crippen molar-refractivity contribution in [1.29, 1.82) is 0 Å². The average Bonchev–Trinajstić information content (AvgIpc) is 2.63. The van der Waals surface area contributed by atoms with Crippen LogP contribution in [0.1, 0.15) is 18.7 Å². The maximum absolute atomic E-state index is 3.81. The molecule has 0 aromatic carbocycles. The summed E-state index contributed by atoms with van der Waals surface area (Å²) < 4.78 is 0. The van der Waals surface area contributed by atoms with Gasteiger partial charge in [-0.3, -0.25) is 0 Å². The van der Waals surface area contributed by atoms with Crippen molar-refractivity contribution >= 4 is 0 Å². The van der Waals surface area contributed by atoms with Crippen molar-refractivity contribution in [3.05, 3.63) is 5.82 Å². The van der Waals surface area contributed by atoms with E-state index in [9.17, 15) is 0 Å². The maximum atomic E-state index is 3.81. The lowest BCUT2D eigenvalue weighted by molar-refractivity contribution is 0.659. The van der Waals surface area contributed by atoms with Crippen molar-refractivity contribution in [3.8, 4) is 0 Å². The third-order valence-corrected chi connectivity index (χ3v) is 1.52. The fourth-order valence-electron chi connectivity index (χ4n) is 0.780. The minimum Gasteiger partial charge on any atom is -0.307 e. The first-order valence-corrected chi connectivity index (χ1v) is 3.41. The molecule has 0 amide bonds. The molecule has 10 heavy (non-hydrogen) atoms. The summed E-state index contributed by atoms with van der Waals surface area (Å²) in [6.45, 7) is 0.737. The molecule has 0 bridgehead atoms. The molecule has 5 heteroatoms. The number of hydrogen-bond donors (Lipinski definition) is 2. The molecule has 1 aliphatic rings. The van der Waals surface area contributed by atoms with Gasteiger partial charge in [-0.05, 0) is 12.8 Å². The van der Waals surface area contributed by atoms with Gasteiger partial charge in [-0.15, -0.1) is 10.2 Å². The van der Waals surface area contributed by atoms with Gasteiger partial charge >= 0.3 is 0 Å². The highest BCUT2D eigenvalue weighted by molar-refractivity contribution is 4.84. The molecule has 5 nitrogen and oxygen atoms in total. The first-order valence-electron chi connectivity index (χ1n) is 3.41. The zero-order valence-corrected chi connectivity index (χ0v) is 5.54. The molecular weight excluding hydrogens is 130 g/mol. The maximum Gasteiger partial charge on any atom is 0.188 e. The third kappa shape index (κ3) is 1.30. The van der Waals surface area contributed by atoms with Crippen LogP contribution in [-0.2, 0) is 6.54 Å². The van der Waals surface area contributed by atoms with Gasteiger partial charge in [-0.2, -0.15) is 5.21 Å². The number of H-pyrrole nitrogens is 1. The highest BCUT2D eigenvalue weighted by Crippen LogP contribution is 2.18. The van der Waals surface area contributed by atoms with Crippen LogP contribution in [-0.4, -0.2) is 26.7 Å². The van der Waals surface area contributed by atoms with Gasteiger partial charge < -0.3 is 5.32 Å². The van der Waals surface area contributed by atoms with Crippen LogP contribution >= 0.6 is 0 Å². The Morgan fingerprint density at radius 2 is 2.50 bits per heavy atom. The van der Waals surface area contributed by atoms with Crippen LogP contribution in [0.15, 0.2) is 0 Å². The number of aromatic amines is 1. The van der Waals surface area contributed by atoms with E-state index in [4.69, 9.17) is 0 Å². The van der Waals surface area contributed by atoms with Crippen molar-refractivity contribution < 1.29 is 0 Å². The van der Waals surface area contributed by atoms with E-state index in [2.05, 4.69) is 25.9 Å². The van der Waals surface area contributed by atoms with E-state index in [-0.39, 0.29) is 0 Å². The molecule has 2 rings (SSSR count). The Kier molecular flexibility index (Phi) is 1.35. The number of tetrazole rings is 1. The van der Waals surface area contributed by atoms with Crippen LogP contribution in [0.2, 0.25) is 0 Å². The zero-order chi connectivity index (χ0) is 6.81. The van der Waals surface area contributed by atoms with Crippen molar-refractivity contribution in [1.82, 2.24) is 25.9 Å². The molecular formula is C5H9N5. The molecule has 0 aliphatic heterocycles. The summed E-state index contributed by atoms with van der Waals surface area (Å²) in [6, 6.07) is 0.707. The third-order valence-electron chi connectivity index (χ3n) is 1.52. The lowest BCUT2D eigenvalue weighted by atomic mass is 10.5. The molecule has 1 aromatic heterocycles. The van der Waals surface area contributed by atoms with Crippen molar-refractivity contribution in [2.75, 3.05) is 0 Å². The summed E-state index contributed by atoms with van der Waals surface area (Å²) in [5.41, 5.74) is 0. The number of rotatable bonds is 3. The van der Waals surface area contributed by atoms with Gasteiger partial charge in [-0.25, -0.2) is 0 Å².